The van der Waals surface area contributed by atoms with Crippen molar-refractivity contribution in [2.45, 2.75) is 19.3 Å². The molecule has 0 saturated carbocycles. The van der Waals surface area contributed by atoms with Crippen LogP contribution >= 0.6 is 0 Å². The molecule has 0 heterocycles. The zero-order chi connectivity index (χ0) is 10.6. The van der Waals surface area contributed by atoms with Crippen molar-refractivity contribution in [2.24, 2.45) is 0 Å². The Morgan fingerprint density at radius 2 is 2.29 bits per heavy atom. The molecule has 1 rings (SSSR count). The Morgan fingerprint density at radius 1 is 1.57 bits per heavy atom. The van der Waals surface area contributed by atoms with Gasteiger partial charge in [-0.3, -0.25) is 4.79 Å². The molecule has 76 valence electrons. The average Bonchev–Trinajstić information content (AvgIpc) is 2.19. The summed E-state index contributed by atoms with van der Waals surface area (Å²) in [6.07, 6.45) is 0.663. The third-order valence-corrected chi connectivity index (χ3v) is 2.17. The molecule has 1 aromatic carbocycles. The van der Waals surface area contributed by atoms with Gasteiger partial charge < -0.3 is 9.84 Å². The number of carbonyl (C=O) groups excluding carboxylic acids is 1. The smallest absolute Gasteiger partial charge is 0.313 e. The fourth-order valence-electron chi connectivity index (χ4n) is 1.42. The Labute approximate surface area is 83.3 Å². The van der Waals surface area contributed by atoms with E-state index < -0.39 is 0 Å². The highest BCUT2D eigenvalue weighted by molar-refractivity contribution is 5.78. The van der Waals surface area contributed by atoms with E-state index in [1.807, 2.05) is 13.0 Å². The Hall–Kier alpha value is -1.51. The summed E-state index contributed by atoms with van der Waals surface area (Å²) in [5, 5.41) is 9.26. The van der Waals surface area contributed by atoms with E-state index in [1.54, 1.807) is 18.2 Å². The largest absolute Gasteiger partial charge is 0.508 e. The minimum atomic E-state index is -0.285. The summed E-state index contributed by atoms with van der Waals surface area (Å²) in [5.74, 6) is -0.380. The second-order valence-corrected chi connectivity index (χ2v) is 3.08. The minimum Gasteiger partial charge on any atom is -0.508 e. The first-order valence-electron chi connectivity index (χ1n) is 4.55. The quantitative estimate of drug-likeness (QED) is 0.749. The standard InChI is InChI=1S/C11H14O3/c1-3-10(11(13)14-2)8-5-4-6-9(12)7-8/h4-7,10,12H,3H2,1-2H3. The number of methoxy groups -OCH3 is 1. The monoisotopic (exact) mass is 194 g/mol. The summed E-state index contributed by atoms with van der Waals surface area (Å²) in [4.78, 5) is 11.4. The van der Waals surface area contributed by atoms with E-state index >= 15 is 0 Å². The molecule has 0 bridgehead atoms. The van der Waals surface area contributed by atoms with Crippen LogP contribution < -0.4 is 0 Å². The molecule has 0 aliphatic carbocycles. The second kappa shape index (κ2) is 4.65. The Balaban J connectivity index is 2.94. The number of esters is 1. The molecule has 0 aromatic heterocycles. The lowest BCUT2D eigenvalue weighted by Gasteiger charge is -2.12. The molecule has 1 N–H and O–H groups in total. The summed E-state index contributed by atoms with van der Waals surface area (Å²) >= 11 is 0. The minimum absolute atomic E-state index is 0.171. The molecule has 0 saturated heterocycles. The topological polar surface area (TPSA) is 46.5 Å². The van der Waals surface area contributed by atoms with Crippen molar-refractivity contribution < 1.29 is 14.6 Å². The highest BCUT2D eigenvalue weighted by Crippen LogP contribution is 2.23. The molecule has 0 radical (unpaired) electrons. The number of phenols is 1. The molecular weight excluding hydrogens is 180 g/mol. The van der Waals surface area contributed by atoms with Gasteiger partial charge in [-0.25, -0.2) is 0 Å². The van der Waals surface area contributed by atoms with Crippen LogP contribution in [0.1, 0.15) is 24.8 Å². The highest BCUT2D eigenvalue weighted by atomic mass is 16.5. The van der Waals surface area contributed by atoms with Gasteiger partial charge in [0.15, 0.2) is 0 Å². The maximum absolute atomic E-state index is 11.4. The molecule has 0 fully saturated rings. The van der Waals surface area contributed by atoms with Gasteiger partial charge in [0, 0.05) is 0 Å². The van der Waals surface area contributed by atoms with E-state index in [4.69, 9.17) is 0 Å². The zero-order valence-electron chi connectivity index (χ0n) is 8.36. The van der Waals surface area contributed by atoms with Crippen LogP contribution in [0.5, 0.6) is 5.75 Å². The molecule has 0 spiro atoms. The Bertz CT molecular complexity index is 320. The van der Waals surface area contributed by atoms with Crippen LogP contribution in [0.15, 0.2) is 24.3 Å². The maximum Gasteiger partial charge on any atom is 0.313 e. The SMILES string of the molecule is CCC(C(=O)OC)c1cccc(O)c1. The predicted octanol–water partition coefficient (Wildman–Crippen LogP) is 2.06. The number of ether oxygens (including phenoxy) is 1. The van der Waals surface area contributed by atoms with Crippen molar-refractivity contribution in [3.8, 4) is 5.75 Å². The lowest BCUT2D eigenvalue weighted by Crippen LogP contribution is -2.13. The van der Waals surface area contributed by atoms with Crippen molar-refractivity contribution in [3.05, 3.63) is 29.8 Å². The molecule has 1 aromatic rings. The molecule has 1 atom stereocenters. The van der Waals surface area contributed by atoms with E-state index in [-0.39, 0.29) is 17.6 Å². The van der Waals surface area contributed by atoms with E-state index in [9.17, 15) is 9.90 Å². The molecule has 3 nitrogen and oxygen atoms in total. The third kappa shape index (κ3) is 2.25. The Morgan fingerprint density at radius 3 is 2.79 bits per heavy atom. The first kappa shape index (κ1) is 10.6. The number of benzene rings is 1. The number of aromatic hydroxyl groups is 1. The molecular formula is C11H14O3. The first-order valence-corrected chi connectivity index (χ1v) is 4.55. The number of carbonyl (C=O) groups is 1. The van der Waals surface area contributed by atoms with Crippen LogP contribution in [0, 0.1) is 0 Å². The Kier molecular flexibility index (Phi) is 3.51. The number of hydrogen-bond donors (Lipinski definition) is 1. The van der Waals surface area contributed by atoms with Gasteiger partial charge in [0.1, 0.15) is 5.75 Å². The number of rotatable bonds is 3. The lowest BCUT2D eigenvalue weighted by molar-refractivity contribution is -0.142. The fraction of sp³-hybridized carbons (Fsp3) is 0.364. The summed E-state index contributed by atoms with van der Waals surface area (Å²) in [6.45, 7) is 1.91. The van der Waals surface area contributed by atoms with Gasteiger partial charge in [0.25, 0.3) is 0 Å². The van der Waals surface area contributed by atoms with Crippen molar-refractivity contribution >= 4 is 5.97 Å². The van der Waals surface area contributed by atoms with Crippen molar-refractivity contribution in [1.29, 1.82) is 0 Å². The van der Waals surface area contributed by atoms with Gasteiger partial charge in [0.2, 0.25) is 0 Å². The lowest BCUT2D eigenvalue weighted by atomic mass is 9.96. The molecule has 0 aliphatic rings. The van der Waals surface area contributed by atoms with Crippen LogP contribution in [-0.4, -0.2) is 18.2 Å². The summed E-state index contributed by atoms with van der Waals surface area (Å²) < 4.78 is 4.68. The molecule has 3 heteroatoms. The zero-order valence-corrected chi connectivity index (χ0v) is 8.36. The van der Waals surface area contributed by atoms with Crippen LogP contribution in [0.3, 0.4) is 0 Å². The van der Waals surface area contributed by atoms with Crippen molar-refractivity contribution in [1.82, 2.24) is 0 Å². The predicted molar refractivity (Wildman–Crippen MR) is 53.2 cm³/mol. The van der Waals surface area contributed by atoms with Crippen molar-refractivity contribution in [3.63, 3.8) is 0 Å². The third-order valence-electron chi connectivity index (χ3n) is 2.17. The summed E-state index contributed by atoms with van der Waals surface area (Å²) in [7, 11) is 1.37. The van der Waals surface area contributed by atoms with Gasteiger partial charge in [-0.15, -0.1) is 0 Å². The fourth-order valence-corrected chi connectivity index (χ4v) is 1.42. The van der Waals surface area contributed by atoms with E-state index in [0.29, 0.717) is 6.42 Å². The number of phenolic OH excluding ortho intramolecular Hbond substituents is 1. The normalized spacial score (nSPS) is 12.1. The van der Waals surface area contributed by atoms with Gasteiger partial charge in [-0.05, 0) is 24.1 Å². The first-order chi connectivity index (χ1) is 6.69. The molecule has 14 heavy (non-hydrogen) atoms. The van der Waals surface area contributed by atoms with Gasteiger partial charge in [-0.1, -0.05) is 19.1 Å². The van der Waals surface area contributed by atoms with Crippen LogP contribution in [0.4, 0.5) is 0 Å². The van der Waals surface area contributed by atoms with Crippen LogP contribution in [-0.2, 0) is 9.53 Å². The van der Waals surface area contributed by atoms with E-state index in [2.05, 4.69) is 4.74 Å². The van der Waals surface area contributed by atoms with Crippen LogP contribution in [0.25, 0.3) is 0 Å². The molecule has 0 amide bonds. The summed E-state index contributed by atoms with van der Waals surface area (Å²) in [5.41, 5.74) is 0.791. The number of hydrogen-bond acceptors (Lipinski definition) is 3. The van der Waals surface area contributed by atoms with Crippen LogP contribution in [0.2, 0.25) is 0 Å². The second-order valence-electron chi connectivity index (χ2n) is 3.08. The van der Waals surface area contributed by atoms with E-state index in [0.717, 1.165) is 5.56 Å². The molecule has 1 unspecified atom stereocenters. The summed E-state index contributed by atoms with van der Waals surface area (Å²) in [6, 6.07) is 6.69. The average molecular weight is 194 g/mol. The molecule has 0 aliphatic heterocycles. The van der Waals surface area contributed by atoms with Gasteiger partial charge in [-0.2, -0.15) is 0 Å². The highest BCUT2D eigenvalue weighted by Gasteiger charge is 2.19. The van der Waals surface area contributed by atoms with E-state index in [1.165, 1.54) is 7.11 Å². The maximum atomic E-state index is 11.4. The van der Waals surface area contributed by atoms with Gasteiger partial charge in [0.05, 0.1) is 13.0 Å². The van der Waals surface area contributed by atoms with Crippen molar-refractivity contribution in [2.75, 3.05) is 7.11 Å². The van der Waals surface area contributed by atoms with Gasteiger partial charge >= 0.3 is 5.97 Å².